The molecule has 1 N–H and O–H groups in total. The van der Waals surface area contributed by atoms with Crippen molar-refractivity contribution < 1.29 is 0 Å². The molecule has 1 unspecified atom stereocenters. The zero-order valence-corrected chi connectivity index (χ0v) is 14.8. The van der Waals surface area contributed by atoms with Gasteiger partial charge in [-0.2, -0.15) is 5.10 Å². The van der Waals surface area contributed by atoms with Crippen molar-refractivity contribution in [3.05, 3.63) is 15.9 Å². The summed E-state index contributed by atoms with van der Waals surface area (Å²) in [5.74, 6) is 0.934. The molecular formula is C16H27BrN4. The highest BCUT2D eigenvalue weighted by atomic mass is 79.9. The third kappa shape index (κ3) is 3.88. The van der Waals surface area contributed by atoms with Gasteiger partial charge in [0.2, 0.25) is 0 Å². The number of nitrogens with zero attached hydrogens (tertiary/aromatic N) is 3. The molecular weight excluding hydrogens is 328 g/mol. The van der Waals surface area contributed by atoms with Gasteiger partial charge in [0, 0.05) is 32.7 Å². The van der Waals surface area contributed by atoms with Crippen LogP contribution in [-0.4, -0.2) is 40.4 Å². The van der Waals surface area contributed by atoms with Gasteiger partial charge in [0.05, 0.1) is 15.9 Å². The van der Waals surface area contributed by atoms with Crippen molar-refractivity contribution in [3.8, 4) is 0 Å². The second kappa shape index (κ2) is 6.80. The van der Waals surface area contributed by atoms with E-state index in [9.17, 15) is 0 Å². The zero-order chi connectivity index (χ0) is 14.8. The van der Waals surface area contributed by atoms with Crippen LogP contribution in [0.2, 0.25) is 0 Å². The largest absolute Gasteiger partial charge is 0.313 e. The van der Waals surface area contributed by atoms with Crippen LogP contribution in [0, 0.1) is 5.92 Å². The number of rotatable bonds is 7. The molecule has 1 aromatic heterocycles. The first-order valence-electron chi connectivity index (χ1n) is 8.33. The molecule has 1 aromatic rings. The minimum atomic E-state index is 0.682. The Hall–Kier alpha value is -0.390. The molecule has 118 valence electrons. The van der Waals surface area contributed by atoms with Gasteiger partial charge in [-0.15, -0.1) is 0 Å². The lowest BCUT2D eigenvalue weighted by Gasteiger charge is -2.26. The average Bonchev–Trinajstić information content (AvgIpc) is 3.05. The predicted molar refractivity (Wildman–Crippen MR) is 89.3 cm³/mol. The van der Waals surface area contributed by atoms with Gasteiger partial charge in [0.15, 0.2) is 0 Å². The summed E-state index contributed by atoms with van der Waals surface area (Å²) in [5.41, 5.74) is 2.50. The van der Waals surface area contributed by atoms with Gasteiger partial charge >= 0.3 is 0 Å². The van der Waals surface area contributed by atoms with Crippen LogP contribution in [0.4, 0.5) is 0 Å². The molecule has 2 heterocycles. The molecule has 1 saturated heterocycles. The van der Waals surface area contributed by atoms with Crippen LogP contribution in [0.5, 0.6) is 0 Å². The van der Waals surface area contributed by atoms with Gasteiger partial charge in [0.25, 0.3) is 0 Å². The van der Waals surface area contributed by atoms with E-state index in [1.807, 2.05) is 0 Å². The van der Waals surface area contributed by atoms with E-state index in [-0.39, 0.29) is 0 Å². The van der Waals surface area contributed by atoms with Crippen molar-refractivity contribution >= 4 is 15.9 Å². The standard InChI is InChI=1S/C16H27BrN4/c1-3-14-16(17)15(20(2)19-14)11-21(9-12-6-7-12)10-13-5-4-8-18-13/h12-13,18H,3-11H2,1-2H3. The Morgan fingerprint density at radius 3 is 2.71 bits per heavy atom. The first kappa shape index (κ1) is 15.5. The molecule has 1 aliphatic heterocycles. The molecule has 0 bridgehead atoms. The summed E-state index contributed by atoms with van der Waals surface area (Å²) in [5, 5.41) is 8.27. The second-order valence-corrected chi connectivity index (χ2v) is 7.41. The van der Waals surface area contributed by atoms with E-state index < -0.39 is 0 Å². The quantitative estimate of drug-likeness (QED) is 0.817. The fourth-order valence-electron chi connectivity index (χ4n) is 3.30. The average molecular weight is 355 g/mol. The predicted octanol–water partition coefficient (Wildman–Crippen LogP) is 2.71. The Morgan fingerprint density at radius 2 is 2.14 bits per heavy atom. The Morgan fingerprint density at radius 1 is 1.33 bits per heavy atom. The molecule has 1 atom stereocenters. The van der Waals surface area contributed by atoms with E-state index in [1.54, 1.807) is 0 Å². The molecule has 1 aliphatic carbocycles. The van der Waals surface area contributed by atoms with E-state index >= 15 is 0 Å². The summed E-state index contributed by atoms with van der Waals surface area (Å²) in [6, 6.07) is 0.682. The lowest BCUT2D eigenvalue weighted by Crippen LogP contribution is -2.38. The molecule has 0 radical (unpaired) electrons. The summed E-state index contributed by atoms with van der Waals surface area (Å²) in [7, 11) is 2.07. The fraction of sp³-hybridized carbons (Fsp3) is 0.812. The lowest BCUT2D eigenvalue weighted by atomic mass is 10.2. The maximum Gasteiger partial charge on any atom is 0.0767 e. The Balaban J connectivity index is 1.68. The van der Waals surface area contributed by atoms with E-state index in [0.29, 0.717) is 6.04 Å². The maximum atomic E-state index is 4.64. The Kier molecular flexibility index (Phi) is 5.02. The fourth-order valence-corrected chi connectivity index (χ4v) is 4.04. The molecule has 2 aliphatic rings. The van der Waals surface area contributed by atoms with E-state index in [1.165, 1.54) is 61.2 Å². The van der Waals surface area contributed by atoms with E-state index in [0.717, 1.165) is 18.9 Å². The molecule has 5 heteroatoms. The third-order valence-electron chi connectivity index (χ3n) is 4.73. The molecule has 4 nitrogen and oxygen atoms in total. The molecule has 1 saturated carbocycles. The van der Waals surface area contributed by atoms with Crippen molar-refractivity contribution in [1.29, 1.82) is 0 Å². The van der Waals surface area contributed by atoms with Crippen LogP contribution in [0.1, 0.15) is 44.0 Å². The Labute approximate surface area is 136 Å². The summed E-state index contributed by atoms with van der Waals surface area (Å²) in [6.07, 6.45) is 6.48. The van der Waals surface area contributed by atoms with Crippen molar-refractivity contribution in [1.82, 2.24) is 20.0 Å². The maximum absolute atomic E-state index is 4.64. The van der Waals surface area contributed by atoms with Gasteiger partial charge in [0.1, 0.15) is 0 Å². The van der Waals surface area contributed by atoms with Crippen LogP contribution in [-0.2, 0) is 20.0 Å². The van der Waals surface area contributed by atoms with Crippen molar-refractivity contribution in [2.45, 2.75) is 51.6 Å². The zero-order valence-electron chi connectivity index (χ0n) is 13.2. The minimum Gasteiger partial charge on any atom is -0.313 e. The molecule has 0 aromatic carbocycles. The van der Waals surface area contributed by atoms with Crippen molar-refractivity contribution in [2.24, 2.45) is 13.0 Å². The SMILES string of the molecule is CCc1nn(C)c(CN(CC2CC2)CC2CCCN2)c1Br. The Bertz CT molecular complexity index is 475. The summed E-state index contributed by atoms with van der Waals surface area (Å²) in [4.78, 5) is 2.64. The molecule has 2 fully saturated rings. The first-order chi connectivity index (χ1) is 10.2. The van der Waals surface area contributed by atoms with Gasteiger partial charge in [-0.1, -0.05) is 6.92 Å². The van der Waals surface area contributed by atoms with Gasteiger partial charge in [-0.05, 0) is 60.5 Å². The topological polar surface area (TPSA) is 33.1 Å². The van der Waals surface area contributed by atoms with E-state index in [4.69, 9.17) is 0 Å². The summed E-state index contributed by atoms with van der Waals surface area (Å²) in [6.45, 7) is 6.80. The van der Waals surface area contributed by atoms with Gasteiger partial charge in [-0.3, -0.25) is 9.58 Å². The summed E-state index contributed by atoms with van der Waals surface area (Å²) < 4.78 is 3.28. The van der Waals surface area contributed by atoms with Crippen molar-refractivity contribution in [2.75, 3.05) is 19.6 Å². The second-order valence-electron chi connectivity index (χ2n) is 6.62. The highest BCUT2D eigenvalue weighted by molar-refractivity contribution is 9.10. The van der Waals surface area contributed by atoms with Crippen LogP contribution in [0.15, 0.2) is 4.47 Å². The summed E-state index contributed by atoms with van der Waals surface area (Å²) >= 11 is 3.76. The number of hydrogen-bond acceptors (Lipinski definition) is 3. The first-order valence-corrected chi connectivity index (χ1v) is 9.12. The van der Waals surface area contributed by atoms with Crippen LogP contribution >= 0.6 is 15.9 Å². The molecule has 0 spiro atoms. The number of halogens is 1. The number of hydrogen-bond donors (Lipinski definition) is 1. The number of nitrogens with one attached hydrogen (secondary N) is 1. The minimum absolute atomic E-state index is 0.682. The highest BCUT2D eigenvalue weighted by Crippen LogP contribution is 2.31. The molecule has 0 amide bonds. The third-order valence-corrected chi connectivity index (χ3v) is 5.65. The number of aromatic nitrogens is 2. The van der Waals surface area contributed by atoms with Crippen LogP contribution in [0.25, 0.3) is 0 Å². The molecule has 3 rings (SSSR count). The van der Waals surface area contributed by atoms with Gasteiger partial charge < -0.3 is 5.32 Å². The smallest absolute Gasteiger partial charge is 0.0767 e. The van der Waals surface area contributed by atoms with Crippen LogP contribution < -0.4 is 5.32 Å². The normalized spacial score (nSPS) is 22.4. The van der Waals surface area contributed by atoms with Gasteiger partial charge in [-0.25, -0.2) is 0 Å². The van der Waals surface area contributed by atoms with E-state index in [2.05, 4.69) is 49.9 Å². The van der Waals surface area contributed by atoms with Crippen molar-refractivity contribution in [3.63, 3.8) is 0 Å². The highest BCUT2D eigenvalue weighted by Gasteiger charge is 2.27. The monoisotopic (exact) mass is 354 g/mol. The van der Waals surface area contributed by atoms with Crippen LogP contribution in [0.3, 0.4) is 0 Å². The lowest BCUT2D eigenvalue weighted by molar-refractivity contribution is 0.226. The number of aryl methyl sites for hydroxylation is 2. The molecule has 21 heavy (non-hydrogen) atoms.